The summed E-state index contributed by atoms with van der Waals surface area (Å²) in [7, 11) is 0. The molecule has 0 fully saturated rings. The Hall–Kier alpha value is -3.22. The Bertz CT molecular complexity index is 924. The molecule has 1 aliphatic heterocycles. The fourth-order valence-electron chi connectivity index (χ4n) is 3.44. The first-order chi connectivity index (χ1) is 12.8. The van der Waals surface area contributed by atoms with Crippen molar-refractivity contribution in [2.75, 3.05) is 4.90 Å². The molecule has 3 rings (SSSR count). The molecule has 27 heavy (non-hydrogen) atoms. The van der Waals surface area contributed by atoms with Gasteiger partial charge >= 0.3 is 5.97 Å². The van der Waals surface area contributed by atoms with Crippen molar-refractivity contribution in [1.29, 1.82) is 0 Å². The van der Waals surface area contributed by atoms with Crippen LogP contribution in [0, 0.1) is 17.0 Å². The van der Waals surface area contributed by atoms with Crippen molar-refractivity contribution in [2.45, 2.75) is 39.3 Å². The van der Waals surface area contributed by atoms with Crippen molar-refractivity contribution in [3.63, 3.8) is 0 Å². The molecular weight excluding hydrogens is 348 g/mol. The zero-order valence-electron chi connectivity index (χ0n) is 15.3. The Kier molecular flexibility index (Phi) is 4.94. The third kappa shape index (κ3) is 3.40. The molecule has 0 saturated heterocycles. The summed E-state index contributed by atoms with van der Waals surface area (Å²) >= 11 is 0. The van der Waals surface area contributed by atoms with Crippen LogP contribution in [0.4, 0.5) is 11.4 Å². The van der Waals surface area contributed by atoms with Crippen molar-refractivity contribution >= 4 is 23.3 Å². The number of para-hydroxylation sites is 1. The largest absolute Gasteiger partial charge is 0.449 e. The number of benzene rings is 2. The van der Waals surface area contributed by atoms with Gasteiger partial charge in [-0.25, -0.2) is 4.79 Å². The number of nitro benzene ring substituents is 1. The van der Waals surface area contributed by atoms with Crippen molar-refractivity contribution in [2.24, 2.45) is 0 Å². The van der Waals surface area contributed by atoms with Crippen LogP contribution in [0.25, 0.3) is 0 Å². The molecule has 0 saturated carbocycles. The molecule has 0 radical (unpaired) electrons. The standard InChI is InChI=1S/C20H20N2O5/c1-12-7-6-10-17(22(25)26)18(12)20(24)27-14(3)19(23)21-13(2)11-15-8-4-5-9-16(15)21/h4-10,13-14H,11H2,1-3H3/t13-,14+/m0/s1. The van der Waals surface area contributed by atoms with Crippen LogP contribution in [-0.2, 0) is 16.0 Å². The van der Waals surface area contributed by atoms with E-state index in [1.165, 1.54) is 19.1 Å². The third-order valence-electron chi connectivity index (χ3n) is 4.73. The van der Waals surface area contributed by atoms with Gasteiger partial charge in [0.1, 0.15) is 5.56 Å². The first kappa shape index (κ1) is 18.6. The number of hydrogen-bond donors (Lipinski definition) is 0. The number of aryl methyl sites for hydroxylation is 1. The zero-order valence-corrected chi connectivity index (χ0v) is 15.3. The van der Waals surface area contributed by atoms with Crippen LogP contribution >= 0.6 is 0 Å². The number of amides is 1. The minimum Gasteiger partial charge on any atom is -0.449 e. The van der Waals surface area contributed by atoms with Gasteiger partial charge in [0.2, 0.25) is 0 Å². The second kappa shape index (κ2) is 7.19. The Morgan fingerprint density at radius 1 is 1.22 bits per heavy atom. The molecule has 1 heterocycles. The van der Waals surface area contributed by atoms with Gasteiger partial charge in [0, 0.05) is 17.8 Å². The van der Waals surface area contributed by atoms with Crippen molar-refractivity contribution in [1.82, 2.24) is 0 Å². The number of rotatable bonds is 4. The van der Waals surface area contributed by atoms with Crippen LogP contribution in [0.15, 0.2) is 42.5 Å². The lowest BCUT2D eigenvalue weighted by atomic mass is 10.1. The molecule has 0 bridgehead atoms. The molecule has 0 aliphatic carbocycles. The fourth-order valence-corrected chi connectivity index (χ4v) is 3.44. The molecule has 7 nitrogen and oxygen atoms in total. The summed E-state index contributed by atoms with van der Waals surface area (Å²) in [6, 6.07) is 11.9. The van der Waals surface area contributed by atoms with Gasteiger partial charge < -0.3 is 9.64 Å². The maximum atomic E-state index is 12.9. The maximum absolute atomic E-state index is 12.9. The first-order valence-electron chi connectivity index (χ1n) is 8.67. The van der Waals surface area contributed by atoms with E-state index >= 15 is 0 Å². The highest BCUT2D eigenvalue weighted by Gasteiger charge is 2.35. The van der Waals surface area contributed by atoms with Gasteiger partial charge in [-0.2, -0.15) is 0 Å². The predicted molar refractivity (Wildman–Crippen MR) is 99.8 cm³/mol. The minimum absolute atomic E-state index is 0.0520. The minimum atomic E-state index is -1.06. The second-order valence-corrected chi connectivity index (χ2v) is 6.66. The van der Waals surface area contributed by atoms with Gasteiger partial charge in [0.05, 0.1) is 4.92 Å². The molecule has 2 aromatic rings. The molecule has 0 unspecified atom stereocenters. The monoisotopic (exact) mass is 368 g/mol. The highest BCUT2D eigenvalue weighted by atomic mass is 16.6. The Balaban J connectivity index is 1.82. The van der Waals surface area contributed by atoms with Gasteiger partial charge in [-0.15, -0.1) is 0 Å². The number of esters is 1. The summed E-state index contributed by atoms with van der Waals surface area (Å²) in [6.45, 7) is 5.01. The highest BCUT2D eigenvalue weighted by Crippen LogP contribution is 2.32. The highest BCUT2D eigenvalue weighted by molar-refractivity contribution is 6.02. The molecule has 2 atom stereocenters. The average molecular weight is 368 g/mol. The number of nitrogens with zero attached hydrogens (tertiary/aromatic N) is 2. The number of carbonyl (C=O) groups excluding carboxylic acids is 2. The van der Waals surface area contributed by atoms with Crippen LogP contribution < -0.4 is 4.90 Å². The molecular formula is C20H20N2O5. The van der Waals surface area contributed by atoms with Crippen LogP contribution in [0.2, 0.25) is 0 Å². The molecule has 1 aliphatic rings. The van der Waals surface area contributed by atoms with Crippen LogP contribution in [0.1, 0.15) is 35.3 Å². The number of anilines is 1. The zero-order chi connectivity index (χ0) is 19.7. The summed E-state index contributed by atoms with van der Waals surface area (Å²) < 4.78 is 5.31. The van der Waals surface area contributed by atoms with E-state index in [0.717, 1.165) is 17.7 Å². The lowest BCUT2D eigenvalue weighted by Crippen LogP contribution is -2.43. The molecule has 0 spiro atoms. The summed E-state index contributed by atoms with van der Waals surface area (Å²) in [6.07, 6.45) is -0.337. The van der Waals surface area contributed by atoms with Gasteiger partial charge in [-0.05, 0) is 44.4 Å². The van der Waals surface area contributed by atoms with E-state index in [1.54, 1.807) is 17.9 Å². The van der Waals surface area contributed by atoms with Crippen molar-refractivity contribution in [3.8, 4) is 0 Å². The number of carbonyl (C=O) groups is 2. The number of ether oxygens (including phenoxy) is 1. The van der Waals surface area contributed by atoms with E-state index < -0.39 is 17.0 Å². The first-order valence-corrected chi connectivity index (χ1v) is 8.67. The van der Waals surface area contributed by atoms with E-state index in [4.69, 9.17) is 4.74 Å². The average Bonchev–Trinajstić information content (AvgIpc) is 2.96. The molecule has 7 heteroatoms. The van der Waals surface area contributed by atoms with E-state index in [1.807, 2.05) is 31.2 Å². The third-order valence-corrected chi connectivity index (χ3v) is 4.73. The summed E-state index contributed by atoms with van der Waals surface area (Å²) in [5.41, 5.74) is 1.83. The molecule has 2 aromatic carbocycles. The molecule has 1 amide bonds. The van der Waals surface area contributed by atoms with E-state index in [2.05, 4.69) is 0 Å². The fraction of sp³-hybridized carbons (Fsp3) is 0.300. The number of nitro groups is 1. The molecule has 0 N–H and O–H groups in total. The maximum Gasteiger partial charge on any atom is 0.346 e. The summed E-state index contributed by atoms with van der Waals surface area (Å²) in [4.78, 5) is 37.7. The SMILES string of the molecule is Cc1cccc([N+](=O)[O-])c1C(=O)O[C@H](C)C(=O)N1c2ccccc2C[C@@H]1C. The molecule has 140 valence electrons. The van der Waals surface area contributed by atoms with Crippen LogP contribution in [-0.4, -0.2) is 28.9 Å². The van der Waals surface area contributed by atoms with Crippen LogP contribution in [0.5, 0.6) is 0 Å². The quantitative estimate of drug-likeness (QED) is 0.468. The van der Waals surface area contributed by atoms with Crippen LogP contribution in [0.3, 0.4) is 0 Å². The Labute approximate surface area is 156 Å². The Morgan fingerprint density at radius 3 is 2.63 bits per heavy atom. The molecule has 0 aromatic heterocycles. The smallest absolute Gasteiger partial charge is 0.346 e. The van der Waals surface area contributed by atoms with Gasteiger partial charge in [-0.3, -0.25) is 14.9 Å². The number of fused-ring (bicyclic) bond motifs is 1. The topological polar surface area (TPSA) is 89.7 Å². The van der Waals surface area contributed by atoms with E-state index in [0.29, 0.717) is 5.56 Å². The van der Waals surface area contributed by atoms with E-state index in [9.17, 15) is 19.7 Å². The van der Waals surface area contributed by atoms with Gasteiger partial charge in [0.15, 0.2) is 6.10 Å². The van der Waals surface area contributed by atoms with Gasteiger partial charge in [0.25, 0.3) is 11.6 Å². The Morgan fingerprint density at radius 2 is 1.93 bits per heavy atom. The lowest BCUT2D eigenvalue weighted by Gasteiger charge is -2.26. The lowest BCUT2D eigenvalue weighted by molar-refractivity contribution is -0.385. The summed E-state index contributed by atoms with van der Waals surface area (Å²) in [5.74, 6) is -1.22. The number of hydrogen-bond acceptors (Lipinski definition) is 5. The second-order valence-electron chi connectivity index (χ2n) is 6.66. The predicted octanol–water partition coefficient (Wildman–Crippen LogP) is 3.43. The van der Waals surface area contributed by atoms with Crippen molar-refractivity contribution in [3.05, 3.63) is 69.3 Å². The van der Waals surface area contributed by atoms with Gasteiger partial charge in [-0.1, -0.05) is 30.3 Å². The normalized spacial score (nSPS) is 16.6. The summed E-state index contributed by atoms with van der Waals surface area (Å²) in [5, 5.41) is 11.2. The van der Waals surface area contributed by atoms with Crippen molar-refractivity contribution < 1.29 is 19.2 Å². The van der Waals surface area contributed by atoms with E-state index in [-0.39, 0.29) is 23.2 Å².